The van der Waals surface area contributed by atoms with Crippen LogP contribution in [-0.2, 0) is 11.2 Å². The van der Waals surface area contributed by atoms with Crippen LogP contribution in [0.2, 0.25) is 5.02 Å². The number of aromatic nitrogens is 1. The van der Waals surface area contributed by atoms with Gasteiger partial charge in [0.15, 0.2) is 0 Å². The van der Waals surface area contributed by atoms with E-state index in [-0.39, 0.29) is 17.9 Å². The predicted octanol–water partition coefficient (Wildman–Crippen LogP) is 5.29. The highest BCUT2D eigenvalue weighted by Gasteiger charge is 2.29. The van der Waals surface area contributed by atoms with Gasteiger partial charge in [0.25, 0.3) is 0 Å². The number of rotatable bonds is 6. The molecule has 1 aromatic heterocycles. The van der Waals surface area contributed by atoms with Crippen LogP contribution < -0.4 is 10.1 Å². The van der Waals surface area contributed by atoms with Gasteiger partial charge in [-0.25, -0.2) is 0 Å². The lowest BCUT2D eigenvalue weighted by molar-refractivity contribution is -0.127. The van der Waals surface area contributed by atoms with Crippen molar-refractivity contribution < 1.29 is 9.53 Å². The summed E-state index contributed by atoms with van der Waals surface area (Å²) in [4.78, 5) is 20.3. The normalized spacial score (nSPS) is 19.7. The molecule has 2 aromatic carbocycles. The molecule has 6 heteroatoms. The van der Waals surface area contributed by atoms with Gasteiger partial charge in [-0.3, -0.25) is 9.78 Å². The first-order valence-corrected chi connectivity index (χ1v) is 12.9. The Balaban J connectivity index is 1.16. The number of halogens is 1. The molecule has 5 nitrogen and oxygen atoms in total. The number of amides is 1. The number of likely N-dealkylation sites (tertiary alicyclic amines) is 1. The fourth-order valence-electron chi connectivity index (χ4n) is 5.18. The number of hydrogen-bond acceptors (Lipinski definition) is 4. The molecule has 0 bridgehead atoms. The van der Waals surface area contributed by atoms with E-state index in [0.717, 1.165) is 68.9 Å². The first kappa shape index (κ1) is 23.8. The molecule has 1 amide bonds. The van der Waals surface area contributed by atoms with E-state index in [2.05, 4.69) is 33.4 Å². The molecular weight excluding hydrogens is 458 g/mol. The number of carbonyl (C=O) groups excluding carboxylic acids is 1. The van der Waals surface area contributed by atoms with Crippen LogP contribution in [0, 0.1) is 11.8 Å². The second-order valence-electron chi connectivity index (χ2n) is 9.65. The number of carbonyl (C=O) groups is 1. The van der Waals surface area contributed by atoms with Gasteiger partial charge in [0.1, 0.15) is 5.75 Å². The van der Waals surface area contributed by atoms with Crippen LogP contribution in [0.1, 0.15) is 42.1 Å². The molecule has 1 fully saturated rings. The van der Waals surface area contributed by atoms with E-state index < -0.39 is 0 Å². The fraction of sp³-hybridized carbons (Fsp3) is 0.379. The Morgan fingerprint density at radius 2 is 1.80 bits per heavy atom. The third-order valence-corrected chi connectivity index (χ3v) is 7.47. The number of nitrogens with one attached hydrogen (secondary N) is 1. The van der Waals surface area contributed by atoms with Crippen molar-refractivity contribution >= 4 is 17.5 Å². The van der Waals surface area contributed by atoms with Crippen molar-refractivity contribution in [1.29, 1.82) is 0 Å². The average Bonchev–Trinajstić information content (AvgIpc) is 3.11. The van der Waals surface area contributed by atoms with Gasteiger partial charge >= 0.3 is 0 Å². The van der Waals surface area contributed by atoms with Crippen LogP contribution >= 0.6 is 11.6 Å². The number of pyridine rings is 1. The topological polar surface area (TPSA) is 54.5 Å². The molecule has 3 aromatic rings. The smallest absolute Gasteiger partial charge is 0.224 e. The van der Waals surface area contributed by atoms with Crippen LogP contribution in [0.3, 0.4) is 0 Å². The summed E-state index contributed by atoms with van der Waals surface area (Å²) in [6.45, 7) is 3.68. The maximum absolute atomic E-state index is 13.3. The van der Waals surface area contributed by atoms with Crippen LogP contribution in [0.4, 0.5) is 0 Å². The van der Waals surface area contributed by atoms with Crippen molar-refractivity contribution in [3.8, 4) is 5.75 Å². The van der Waals surface area contributed by atoms with Crippen LogP contribution in [0.25, 0.3) is 0 Å². The highest BCUT2D eigenvalue weighted by Crippen LogP contribution is 2.28. The highest BCUT2D eigenvalue weighted by atomic mass is 35.5. The lowest BCUT2D eigenvalue weighted by atomic mass is 9.93. The van der Waals surface area contributed by atoms with E-state index in [9.17, 15) is 4.79 Å². The molecule has 1 N–H and O–H groups in total. The minimum absolute atomic E-state index is 0.0133. The zero-order valence-corrected chi connectivity index (χ0v) is 20.7. The molecule has 5 rings (SSSR count). The molecule has 35 heavy (non-hydrogen) atoms. The van der Waals surface area contributed by atoms with Crippen LogP contribution in [-0.4, -0.2) is 42.0 Å². The van der Waals surface area contributed by atoms with Gasteiger partial charge in [0.05, 0.1) is 18.3 Å². The van der Waals surface area contributed by atoms with E-state index >= 15 is 0 Å². The Morgan fingerprint density at radius 3 is 2.57 bits per heavy atom. The number of ether oxygens (including phenoxy) is 1. The number of aryl methyl sites for hydroxylation is 1. The first-order chi connectivity index (χ1) is 17.2. The van der Waals surface area contributed by atoms with Crippen molar-refractivity contribution in [3.05, 3.63) is 94.8 Å². The van der Waals surface area contributed by atoms with Crippen molar-refractivity contribution in [1.82, 2.24) is 15.2 Å². The van der Waals surface area contributed by atoms with Crippen LogP contribution in [0.15, 0.2) is 72.9 Å². The SMILES string of the molecule is O=C(NC(c1ccc(Cl)cc1)c1ccccn1)C1CCN(CC2CCc3ccccc3OC2)CC1. The molecule has 2 aliphatic rings. The fourth-order valence-corrected chi connectivity index (χ4v) is 5.30. The van der Waals surface area contributed by atoms with Crippen molar-refractivity contribution in [3.63, 3.8) is 0 Å². The van der Waals surface area contributed by atoms with Crippen molar-refractivity contribution in [2.75, 3.05) is 26.2 Å². The average molecular weight is 490 g/mol. The summed E-state index contributed by atoms with van der Waals surface area (Å²) in [7, 11) is 0. The highest BCUT2D eigenvalue weighted by molar-refractivity contribution is 6.30. The second-order valence-corrected chi connectivity index (χ2v) is 10.1. The standard InChI is InChI=1S/C29H32ClN3O2/c30-25-12-10-23(11-13-25)28(26-6-3-4-16-31-26)32-29(34)24-14-17-33(18-15-24)19-21-8-9-22-5-1-2-7-27(22)35-20-21/h1-7,10-13,16,21,24,28H,8-9,14-15,17-20H2,(H,32,34). The molecule has 0 radical (unpaired) electrons. The van der Waals surface area contributed by atoms with E-state index in [1.54, 1.807) is 6.20 Å². The Kier molecular flexibility index (Phi) is 7.65. The van der Waals surface area contributed by atoms with Crippen LogP contribution in [0.5, 0.6) is 5.75 Å². The molecular formula is C29H32ClN3O2. The quantitative estimate of drug-likeness (QED) is 0.511. The number of hydrogen-bond donors (Lipinski definition) is 1. The largest absolute Gasteiger partial charge is 0.493 e. The van der Waals surface area contributed by atoms with Gasteiger partial charge in [-0.2, -0.15) is 0 Å². The third-order valence-electron chi connectivity index (χ3n) is 7.22. The Bertz CT molecular complexity index is 1090. The summed E-state index contributed by atoms with van der Waals surface area (Å²) < 4.78 is 6.09. The summed E-state index contributed by atoms with van der Waals surface area (Å²) >= 11 is 6.09. The number of nitrogens with zero attached hydrogens (tertiary/aromatic N) is 2. The number of piperidine rings is 1. The summed E-state index contributed by atoms with van der Waals surface area (Å²) in [5.74, 6) is 1.67. The predicted molar refractivity (Wildman–Crippen MR) is 139 cm³/mol. The summed E-state index contributed by atoms with van der Waals surface area (Å²) in [6.07, 6.45) is 5.71. The summed E-state index contributed by atoms with van der Waals surface area (Å²) in [5, 5.41) is 3.95. The molecule has 2 aliphatic heterocycles. The van der Waals surface area contributed by atoms with E-state index in [1.807, 2.05) is 48.5 Å². The van der Waals surface area contributed by atoms with E-state index in [0.29, 0.717) is 10.9 Å². The third kappa shape index (κ3) is 6.03. The van der Waals surface area contributed by atoms with Crippen molar-refractivity contribution in [2.24, 2.45) is 11.8 Å². The maximum Gasteiger partial charge on any atom is 0.224 e. The zero-order valence-electron chi connectivity index (χ0n) is 19.9. The second kappa shape index (κ2) is 11.2. The molecule has 2 unspecified atom stereocenters. The van der Waals surface area contributed by atoms with E-state index in [1.165, 1.54) is 5.56 Å². The van der Waals surface area contributed by atoms with Gasteiger partial charge in [-0.15, -0.1) is 0 Å². The van der Waals surface area contributed by atoms with E-state index in [4.69, 9.17) is 16.3 Å². The molecule has 182 valence electrons. The Labute approximate surface area is 212 Å². The molecule has 0 aliphatic carbocycles. The van der Waals surface area contributed by atoms with Crippen molar-refractivity contribution in [2.45, 2.75) is 31.7 Å². The molecule has 0 spiro atoms. The minimum atomic E-state index is -0.288. The lowest BCUT2D eigenvalue weighted by Gasteiger charge is -2.34. The number of benzene rings is 2. The summed E-state index contributed by atoms with van der Waals surface area (Å²) in [5.41, 5.74) is 3.12. The van der Waals surface area contributed by atoms with Gasteiger partial charge in [-0.1, -0.05) is 48.0 Å². The Hall–Kier alpha value is -2.89. The van der Waals surface area contributed by atoms with Gasteiger partial charge in [-0.05, 0) is 80.2 Å². The molecule has 0 saturated carbocycles. The summed E-state index contributed by atoms with van der Waals surface area (Å²) in [6, 6.07) is 21.5. The monoisotopic (exact) mass is 489 g/mol. The first-order valence-electron chi connectivity index (χ1n) is 12.6. The molecule has 3 heterocycles. The molecule has 1 saturated heterocycles. The number of para-hydroxylation sites is 1. The Morgan fingerprint density at radius 1 is 1.03 bits per heavy atom. The minimum Gasteiger partial charge on any atom is -0.493 e. The molecule has 2 atom stereocenters. The van der Waals surface area contributed by atoms with Gasteiger partial charge in [0, 0.05) is 29.6 Å². The maximum atomic E-state index is 13.3. The van der Waals surface area contributed by atoms with Gasteiger partial charge < -0.3 is 15.0 Å². The van der Waals surface area contributed by atoms with Gasteiger partial charge in [0.2, 0.25) is 5.91 Å². The lowest BCUT2D eigenvalue weighted by Crippen LogP contribution is -2.43. The zero-order chi connectivity index (χ0) is 24.0. The number of fused-ring (bicyclic) bond motifs is 1.